The van der Waals surface area contributed by atoms with Crippen LogP contribution in [0.5, 0.6) is 6.01 Å². The second-order valence-corrected chi connectivity index (χ2v) is 8.81. The molecule has 6 nitrogen and oxygen atoms in total. The number of imidazole rings is 1. The smallest absolute Gasteiger partial charge is 0.339 e. The number of aldehydes is 1. The Kier molecular flexibility index (Phi) is 7.13. The van der Waals surface area contributed by atoms with Crippen LogP contribution >= 0.6 is 15.9 Å². The summed E-state index contributed by atoms with van der Waals surface area (Å²) in [5, 5.41) is 0. The molecule has 168 valence electrons. The Morgan fingerprint density at radius 1 is 1.22 bits per heavy atom. The topological polar surface area (TPSA) is 70.4 Å². The highest BCUT2D eigenvalue weighted by atomic mass is 79.9. The summed E-state index contributed by atoms with van der Waals surface area (Å²) in [6.07, 6.45) is 0.642. The van der Waals surface area contributed by atoms with Crippen molar-refractivity contribution < 1.29 is 23.5 Å². The summed E-state index contributed by atoms with van der Waals surface area (Å²) in [5.74, 6) is -0.955. The minimum Gasteiger partial charge on any atom is -0.465 e. The number of ether oxygens (including phenoxy) is 2. The van der Waals surface area contributed by atoms with Gasteiger partial charge in [-0.1, -0.05) is 30.3 Å². The van der Waals surface area contributed by atoms with E-state index in [1.807, 2.05) is 0 Å². The maximum absolute atomic E-state index is 15.1. The summed E-state index contributed by atoms with van der Waals surface area (Å²) in [7, 11) is 0. The molecule has 0 radical (unpaired) electrons. The molecule has 0 aliphatic rings. The average Bonchev–Trinajstić information content (AvgIpc) is 3.02. The van der Waals surface area contributed by atoms with Crippen molar-refractivity contribution in [1.29, 1.82) is 0 Å². The van der Waals surface area contributed by atoms with Gasteiger partial charge in [0.15, 0.2) is 6.29 Å². The van der Waals surface area contributed by atoms with Crippen LogP contribution < -0.4 is 4.74 Å². The zero-order valence-corrected chi connectivity index (χ0v) is 19.9. The van der Waals surface area contributed by atoms with Gasteiger partial charge in [-0.25, -0.2) is 9.18 Å². The third-order valence-electron chi connectivity index (χ3n) is 4.55. The van der Waals surface area contributed by atoms with Crippen molar-refractivity contribution in [3.63, 3.8) is 0 Å². The number of halogens is 2. The number of hydrogen-bond donors (Lipinski definition) is 0. The number of benzene rings is 2. The minimum absolute atomic E-state index is 0.0574. The predicted molar refractivity (Wildman–Crippen MR) is 123 cm³/mol. The van der Waals surface area contributed by atoms with Crippen molar-refractivity contribution in [2.75, 3.05) is 6.61 Å². The number of carbonyl (C=O) groups excluding carboxylic acids is 2. The number of hydrogen-bond acceptors (Lipinski definition) is 5. The van der Waals surface area contributed by atoms with Crippen molar-refractivity contribution in [3.05, 3.63) is 69.7 Å². The molecule has 0 fully saturated rings. The molecule has 0 unspecified atom stereocenters. The number of aromatic nitrogens is 2. The van der Waals surface area contributed by atoms with Gasteiger partial charge in [0.1, 0.15) is 21.7 Å². The van der Waals surface area contributed by atoms with E-state index in [1.165, 1.54) is 10.6 Å². The maximum Gasteiger partial charge on any atom is 0.339 e. The molecule has 0 aliphatic carbocycles. The predicted octanol–water partition coefficient (Wildman–Crippen LogP) is 5.67. The first-order valence-electron chi connectivity index (χ1n) is 10.1. The quantitative estimate of drug-likeness (QED) is 0.307. The van der Waals surface area contributed by atoms with Crippen molar-refractivity contribution in [2.24, 2.45) is 0 Å². The molecular formula is C24H24BrFN2O4. The third kappa shape index (κ3) is 5.24. The van der Waals surface area contributed by atoms with Crippen LogP contribution in [0.1, 0.15) is 54.1 Å². The Morgan fingerprint density at radius 3 is 2.56 bits per heavy atom. The van der Waals surface area contributed by atoms with Crippen molar-refractivity contribution >= 4 is 28.2 Å². The molecule has 0 aliphatic heterocycles. The zero-order valence-electron chi connectivity index (χ0n) is 18.3. The van der Waals surface area contributed by atoms with E-state index in [0.29, 0.717) is 39.8 Å². The van der Waals surface area contributed by atoms with Gasteiger partial charge >= 0.3 is 5.97 Å². The minimum atomic E-state index is -0.646. The van der Waals surface area contributed by atoms with Gasteiger partial charge in [0, 0.05) is 5.56 Å². The Hall–Kier alpha value is -3.00. The molecule has 0 saturated carbocycles. The van der Waals surface area contributed by atoms with E-state index in [2.05, 4.69) is 20.9 Å². The van der Waals surface area contributed by atoms with E-state index in [9.17, 15) is 9.59 Å². The molecule has 1 heterocycles. The highest BCUT2D eigenvalue weighted by molar-refractivity contribution is 9.10. The van der Waals surface area contributed by atoms with Gasteiger partial charge < -0.3 is 9.47 Å². The first-order chi connectivity index (χ1) is 15.1. The van der Waals surface area contributed by atoms with Crippen LogP contribution in [-0.4, -0.2) is 34.0 Å². The van der Waals surface area contributed by atoms with Crippen LogP contribution in [0, 0.1) is 5.82 Å². The molecule has 3 aromatic rings. The average molecular weight is 503 g/mol. The van der Waals surface area contributed by atoms with E-state index >= 15 is 4.39 Å². The fourth-order valence-electron chi connectivity index (χ4n) is 3.18. The molecule has 1 aromatic heterocycles. The van der Waals surface area contributed by atoms with Gasteiger partial charge in [0.2, 0.25) is 0 Å². The van der Waals surface area contributed by atoms with Crippen LogP contribution in [-0.2, 0) is 11.3 Å². The second kappa shape index (κ2) is 9.65. The molecule has 3 rings (SSSR count). The fourth-order valence-corrected chi connectivity index (χ4v) is 3.64. The van der Waals surface area contributed by atoms with E-state index in [0.717, 1.165) is 0 Å². The zero-order chi connectivity index (χ0) is 23.5. The van der Waals surface area contributed by atoms with Crippen LogP contribution in [0.2, 0.25) is 0 Å². The lowest BCUT2D eigenvalue weighted by Gasteiger charge is -2.20. The lowest BCUT2D eigenvalue weighted by atomic mass is 9.98. The van der Waals surface area contributed by atoms with E-state index in [4.69, 9.17) is 9.47 Å². The fraction of sp³-hybridized carbons (Fsp3) is 0.292. The number of nitrogens with zero attached hydrogens (tertiary/aromatic N) is 2. The van der Waals surface area contributed by atoms with Crippen LogP contribution in [0.3, 0.4) is 0 Å². The maximum atomic E-state index is 15.1. The molecule has 0 saturated heterocycles. The first kappa shape index (κ1) is 23.7. The molecule has 0 amide bonds. The molecule has 0 bridgehead atoms. The van der Waals surface area contributed by atoms with Gasteiger partial charge in [0.25, 0.3) is 6.01 Å². The largest absolute Gasteiger partial charge is 0.465 e. The Bertz CT molecular complexity index is 1150. The van der Waals surface area contributed by atoms with E-state index in [1.54, 1.807) is 64.1 Å². The molecule has 0 N–H and O–H groups in total. The summed E-state index contributed by atoms with van der Waals surface area (Å²) < 4.78 is 27.9. The number of carbonyl (C=O) groups is 2. The Balaban J connectivity index is 1.96. The van der Waals surface area contributed by atoms with Gasteiger partial charge in [-0.15, -0.1) is 0 Å². The van der Waals surface area contributed by atoms with Crippen molar-refractivity contribution in [3.8, 4) is 17.1 Å². The SMILES string of the molecule is CCOc1nc(Br)c(C=O)n1Cc1ccc(-c2ccccc2C(=O)OC(C)(C)C)cc1F. The molecule has 32 heavy (non-hydrogen) atoms. The summed E-state index contributed by atoms with van der Waals surface area (Å²) in [6.45, 7) is 7.58. The molecule has 0 spiro atoms. The highest BCUT2D eigenvalue weighted by Crippen LogP contribution is 2.29. The Morgan fingerprint density at radius 2 is 1.94 bits per heavy atom. The normalized spacial score (nSPS) is 11.3. The highest BCUT2D eigenvalue weighted by Gasteiger charge is 2.22. The van der Waals surface area contributed by atoms with Crippen molar-refractivity contribution in [2.45, 2.75) is 39.8 Å². The summed E-state index contributed by atoms with van der Waals surface area (Å²) in [5.41, 5.74) is 1.42. The van der Waals surface area contributed by atoms with Gasteiger partial charge in [-0.2, -0.15) is 4.98 Å². The molecule has 2 aromatic carbocycles. The van der Waals surface area contributed by atoms with Crippen LogP contribution in [0.15, 0.2) is 47.1 Å². The Labute approximate surface area is 194 Å². The number of esters is 1. The second-order valence-electron chi connectivity index (χ2n) is 8.06. The van der Waals surface area contributed by atoms with Gasteiger partial charge in [-0.05, 0) is 66.9 Å². The monoisotopic (exact) mass is 502 g/mol. The van der Waals surface area contributed by atoms with Crippen LogP contribution in [0.25, 0.3) is 11.1 Å². The lowest BCUT2D eigenvalue weighted by Crippen LogP contribution is -2.24. The summed E-state index contributed by atoms with van der Waals surface area (Å²) >= 11 is 3.23. The van der Waals surface area contributed by atoms with E-state index < -0.39 is 17.4 Å². The molecular weight excluding hydrogens is 479 g/mol. The standard InChI is InChI=1S/C24H24BrFN2O4/c1-5-31-23-27-21(25)20(14-29)28(23)13-16-11-10-15(12-19(16)26)17-8-6-7-9-18(17)22(30)32-24(2,3)4/h6-12,14H,5,13H2,1-4H3. The first-order valence-corrected chi connectivity index (χ1v) is 10.9. The summed E-state index contributed by atoms with van der Waals surface area (Å²) in [4.78, 5) is 28.3. The summed E-state index contributed by atoms with van der Waals surface area (Å²) in [6, 6.07) is 11.9. The van der Waals surface area contributed by atoms with Crippen molar-refractivity contribution in [1.82, 2.24) is 9.55 Å². The molecule has 0 atom stereocenters. The van der Waals surface area contributed by atoms with E-state index in [-0.39, 0.29) is 18.2 Å². The van der Waals surface area contributed by atoms with Crippen LogP contribution in [0.4, 0.5) is 4.39 Å². The third-order valence-corrected chi connectivity index (χ3v) is 5.13. The van der Waals surface area contributed by atoms with Gasteiger partial charge in [-0.3, -0.25) is 9.36 Å². The molecule has 8 heteroatoms. The van der Waals surface area contributed by atoms with Gasteiger partial charge in [0.05, 0.1) is 18.7 Å². The number of rotatable bonds is 7. The lowest BCUT2D eigenvalue weighted by molar-refractivity contribution is 0.00703.